The van der Waals surface area contributed by atoms with Gasteiger partial charge in [0.05, 0.1) is 19.0 Å². The highest BCUT2D eigenvalue weighted by molar-refractivity contribution is 8.33. The van der Waals surface area contributed by atoms with Crippen molar-refractivity contribution in [3.05, 3.63) is 0 Å². The molecule has 0 aromatic rings. The molecule has 1 fully saturated rings. The quantitative estimate of drug-likeness (QED) is 0.226. The number of hydrogen-bond donors (Lipinski definition) is 0. The molecule has 0 amide bonds. The molecule has 0 aliphatic carbocycles. The van der Waals surface area contributed by atoms with E-state index in [1.807, 2.05) is 0 Å². The number of carbonyl (C=O) groups is 1. The molecule has 0 spiro atoms. The fourth-order valence-corrected chi connectivity index (χ4v) is 8.06. The van der Waals surface area contributed by atoms with E-state index >= 15 is 0 Å². The first-order chi connectivity index (χ1) is 17.7. The van der Waals surface area contributed by atoms with Crippen molar-refractivity contribution in [2.75, 3.05) is 30.5 Å². The summed E-state index contributed by atoms with van der Waals surface area (Å²) in [4.78, 5) is 12.1. The molecule has 1 saturated heterocycles. The molecule has 0 atom stereocenters. The van der Waals surface area contributed by atoms with Crippen LogP contribution in [-0.2, 0) is 23.3 Å². The van der Waals surface area contributed by atoms with Gasteiger partial charge in [-0.1, -0.05) is 13.8 Å². The fourth-order valence-electron chi connectivity index (χ4n) is 2.83. The van der Waals surface area contributed by atoms with E-state index in [-0.39, 0.29) is 0 Å². The summed E-state index contributed by atoms with van der Waals surface area (Å²) in [6.07, 6.45) is -7.91. The first-order valence-electron chi connectivity index (χ1n) is 10.3. The molecule has 24 heteroatoms. The second-order valence-electron chi connectivity index (χ2n) is 8.73. The second kappa shape index (κ2) is 10.7. The molecule has 41 heavy (non-hydrogen) atoms. The summed E-state index contributed by atoms with van der Waals surface area (Å²) >= 11 is 0. The number of rotatable bonds is 12. The Morgan fingerprint density at radius 2 is 1.02 bits per heavy atom. The average Bonchev–Trinajstić information content (AvgIpc) is 2.77. The van der Waals surface area contributed by atoms with Gasteiger partial charge in [0.25, 0.3) is 0 Å². The van der Waals surface area contributed by atoms with Gasteiger partial charge in [-0.15, -0.1) is 10.3 Å². The van der Waals surface area contributed by atoms with Crippen molar-refractivity contribution in [3.8, 4) is 0 Å². The first-order valence-corrected chi connectivity index (χ1v) is 13.8. The molecular formula is C17H17F17O5S2. The van der Waals surface area contributed by atoms with E-state index < -0.39 is 110 Å². The number of halogens is 17. The molecule has 0 aromatic carbocycles. The average molecular weight is 688 g/mol. The van der Waals surface area contributed by atoms with E-state index in [0.717, 1.165) is 13.8 Å². The van der Waals surface area contributed by atoms with Crippen molar-refractivity contribution in [1.29, 1.82) is 0 Å². The molecule has 5 nitrogen and oxygen atoms in total. The van der Waals surface area contributed by atoms with Crippen molar-refractivity contribution < 1.29 is 96.2 Å². The zero-order chi connectivity index (χ0) is 33.1. The second-order valence-corrected chi connectivity index (χ2v) is 13.7. The summed E-state index contributed by atoms with van der Waals surface area (Å²) in [5, 5.41) is -7.79. The van der Waals surface area contributed by atoms with Crippen LogP contribution in [0.4, 0.5) is 74.6 Å². The topological polar surface area (TPSA) is 69.7 Å². The maximum atomic E-state index is 14.4. The van der Waals surface area contributed by atoms with Crippen molar-refractivity contribution in [2.24, 2.45) is 5.92 Å². The Balaban J connectivity index is 3.71. The normalized spacial score (nSPS) is 19.8. The van der Waals surface area contributed by atoms with Crippen LogP contribution in [0.5, 0.6) is 0 Å². The highest BCUT2D eigenvalue weighted by Crippen LogP contribution is 2.65. The summed E-state index contributed by atoms with van der Waals surface area (Å²) in [5.41, 5.74) is 0. The van der Waals surface area contributed by atoms with E-state index in [4.69, 9.17) is 4.74 Å². The predicted octanol–water partition coefficient (Wildman–Crippen LogP) is 6.27. The van der Waals surface area contributed by atoms with Gasteiger partial charge >= 0.3 is 57.1 Å². The summed E-state index contributed by atoms with van der Waals surface area (Å²) in [6.45, 7) is 1.07. The van der Waals surface area contributed by atoms with Gasteiger partial charge in [0.15, 0.2) is 0 Å². The Morgan fingerprint density at radius 3 is 1.37 bits per heavy atom. The van der Waals surface area contributed by atoms with Gasteiger partial charge in [-0.2, -0.15) is 83.1 Å². The van der Waals surface area contributed by atoms with Crippen LogP contribution in [0.2, 0.25) is 0 Å². The number of carbonyl (C=O) groups excluding carboxylic acids is 1. The lowest BCUT2D eigenvalue weighted by molar-refractivity contribution is -0.458. The SMILES string of the molecule is CC(C)C(=O)CS1(OS(=O)(=O)C(F)(F)C(F)(F)C(F)(F)C(F)(F)C(F)(F)C(F)(F)C(F)(F)C(F)(F)F)CCOCC1. The molecule has 1 rings (SSSR count). The smallest absolute Gasteiger partial charge is 0.380 e. The Hall–Kier alpha value is -1.30. The first kappa shape index (κ1) is 37.7. The van der Waals surface area contributed by atoms with E-state index in [1.54, 1.807) is 0 Å². The third-order valence-electron chi connectivity index (χ3n) is 5.49. The summed E-state index contributed by atoms with van der Waals surface area (Å²) in [7, 11) is -11.7. The highest BCUT2D eigenvalue weighted by Gasteiger charge is 2.96. The Labute approximate surface area is 220 Å². The molecule has 1 heterocycles. The van der Waals surface area contributed by atoms with E-state index in [2.05, 4.69) is 3.63 Å². The van der Waals surface area contributed by atoms with Crippen molar-refractivity contribution in [3.63, 3.8) is 0 Å². The molecule has 0 saturated carbocycles. The van der Waals surface area contributed by atoms with E-state index in [0.29, 0.717) is 0 Å². The molecule has 246 valence electrons. The summed E-state index contributed by atoms with van der Waals surface area (Å²) in [6, 6.07) is 0. The number of Topliss-reactive ketones (excluding diaryl/α,β-unsaturated/α-hetero) is 1. The van der Waals surface area contributed by atoms with Crippen molar-refractivity contribution >= 4 is 26.2 Å². The standard InChI is InChI=1S/C17H17F17O5S2/c1-8(2)9(35)7-40(5-3-38-4-6-40)39-41(36,37)17(33,34)15(28,29)13(24,25)11(20,21)10(18,19)12(22,23)14(26,27)16(30,31)32/h8H,3-7H2,1-2H3. The number of ether oxygens (including phenoxy) is 1. The van der Waals surface area contributed by atoms with Gasteiger partial charge in [0, 0.05) is 17.4 Å². The zero-order valence-electron chi connectivity index (χ0n) is 19.9. The van der Waals surface area contributed by atoms with Crippen molar-refractivity contribution in [1.82, 2.24) is 0 Å². The minimum atomic E-state index is -8.93. The molecule has 0 bridgehead atoms. The van der Waals surface area contributed by atoms with E-state index in [1.165, 1.54) is 0 Å². The van der Waals surface area contributed by atoms with Crippen LogP contribution >= 0.6 is 10.3 Å². The lowest BCUT2D eigenvalue weighted by Gasteiger charge is -2.44. The van der Waals surface area contributed by atoms with Crippen LogP contribution in [0.15, 0.2) is 0 Å². The van der Waals surface area contributed by atoms with E-state index in [9.17, 15) is 87.8 Å². The maximum Gasteiger partial charge on any atom is 0.460 e. The minimum Gasteiger partial charge on any atom is -0.380 e. The van der Waals surface area contributed by atoms with Crippen LogP contribution in [0, 0.1) is 5.92 Å². The van der Waals surface area contributed by atoms with Gasteiger partial charge in [-0.3, -0.25) is 4.79 Å². The number of alkyl halides is 17. The number of ketones is 1. The fraction of sp³-hybridized carbons (Fsp3) is 0.941. The molecule has 1 aliphatic rings. The zero-order valence-corrected chi connectivity index (χ0v) is 21.5. The third-order valence-corrected chi connectivity index (χ3v) is 10.9. The summed E-state index contributed by atoms with van der Waals surface area (Å²) < 4.78 is 262. The molecule has 0 aromatic heterocycles. The largest absolute Gasteiger partial charge is 0.460 e. The highest BCUT2D eigenvalue weighted by atomic mass is 32.3. The van der Waals surface area contributed by atoms with Crippen LogP contribution in [-0.4, -0.2) is 91.6 Å². The van der Waals surface area contributed by atoms with Gasteiger partial charge in [0.1, 0.15) is 5.78 Å². The minimum absolute atomic E-state index is 0.624. The molecular weight excluding hydrogens is 671 g/mol. The van der Waals surface area contributed by atoms with Crippen LogP contribution in [0.25, 0.3) is 0 Å². The van der Waals surface area contributed by atoms with Crippen LogP contribution in [0.1, 0.15) is 13.8 Å². The van der Waals surface area contributed by atoms with Crippen molar-refractivity contribution in [2.45, 2.75) is 60.8 Å². The monoisotopic (exact) mass is 688 g/mol. The Bertz CT molecular complexity index is 1080. The van der Waals surface area contributed by atoms with Gasteiger partial charge in [-0.25, -0.2) is 3.63 Å². The van der Waals surface area contributed by atoms with Gasteiger partial charge in [0.2, 0.25) is 0 Å². The summed E-state index contributed by atoms with van der Waals surface area (Å²) in [5.74, 6) is -57.0. The third kappa shape index (κ3) is 5.69. The van der Waals surface area contributed by atoms with Gasteiger partial charge < -0.3 is 4.74 Å². The molecule has 1 aliphatic heterocycles. The number of hydrogen-bond acceptors (Lipinski definition) is 5. The molecule has 0 N–H and O–H groups in total. The Kier molecular flexibility index (Phi) is 9.84. The lowest BCUT2D eigenvalue weighted by atomic mass is 9.91. The van der Waals surface area contributed by atoms with Gasteiger partial charge in [-0.05, 0) is 0 Å². The maximum absolute atomic E-state index is 14.4. The van der Waals surface area contributed by atoms with Crippen LogP contribution in [0.3, 0.4) is 0 Å². The predicted molar refractivity (Wildman–Crippen MR) is 104 cm³/mol. The molecule has 0 radical (unpaired) electrons. The molecule has 0 unspecified atom stereocenters. The van der Waals surface area contributed by atoms with Crippen LogP contribution < -0.4 is 0 Å². The Morgan fingerprint density at radius 1 is 0.683 bits per heavy atom. The lowest BCUT2D eigenvalue weighted by Crippen LogP contribution is -2.75.